The summed E-state index contributed by atoms with van der Waals surface area (Å²) in [4.78, 5) is 12.6. The third-order valence-corrected chi connectivity index (χ3v) is 6.59. The molecular formula is C18H25F3N2O4S. The number of rotatable bonds is 7. The minimum absolute atomic E-state index is 0.0333. The largest absolute Gasteiger partial charge is 0.484 e. The smallest absolute Gasteiger partial charge is 0.422 e. The van der Waals surface area contributed by atoms with Crippen molar-refractivity contribution in [2.45, 2.75) is 39.3 Å². The van der Waals surface area contributed by atoms with Gasteiger partial charge in [-0.1, -0.05) is 13.0 Å². The summed E-state index contributed by atoms with van der Waals surface area (Å²) in [7, 11) is -3.38. The first-order valence-electron chi connectivity index (χ1n) is 9.11. The molecule has 2 rings (SSSR count). The molecule has 1 unspecified atom stereocenters. The third kappa shape index (κ3) is 6.10. The van der Waals surface area contributed by atoms with Gasteiger partial charge in [0.2, 0.25) is 15.9 Å². The molecule has 0 bridgehead atoms. The number of hydrogen-bond donors (Lipinski definition) is 1. The van der Waals surface area contributed by atoms with Gasteiger partial charge in [-0.15, -0.1) is 0 Å². The second kappa shape index (κ2) is 9.13. The number of carbonyl (C=O) groups is 1. The molecule has 1 saturated heterocycles. The zero-order valence-electron chi connectivity index (χ0n) is 15.9. The monoisotopic (exact) mass is 422 g/mol. The van der Waals surface area contributed by atoms with E-state index in [1.807, 2.05) is 0 Å². The lowest BCUT2D eigenvalue weighted by molar-refractivity contribution is -0.153. The Kier molecular flexibility index (Phi) is 7.33. The molecule has 1 N–H and O–H groups in total. The van der Waals surface area contributed by atoms with E-state index in [0.29, 0.717) is 37.1 Å². The Bertz CT molecular complexity index is 797. The summed E-state index contributed by atoms with van der Waals surface area (Å²) in [5, 5.41) is 2.70. The molecule has 1 aliphatic rings. The van der Waals surface area contributed by atoms with Crippen LogP contribution in [-0.2, 0) is 14.8 Å². The molecule has 6 nitrogen and oxygen atoms in total. The average molecular weight is 422 g/mol. The number of nitrogens with zero attached hydrogens (tertiary/aromatic N) is 1. The Morgan fingerprint density at radius 2 is 2.07 bits per heavy atom. The quantitative estimate of drug-likeness (QED) is 0.731. The number of hydrogen-bond acceptors (Lipinski definition) is 4. The van der Waals surface area contributed by atoms with Crippen molar-refractivity contribution in [3.05, 3.63) is 23.8 Å². The van der Waals surface area contributed by atoms with Crippen molar-refractivity contribution in [1.82, 2.24) is 4.31 Å². The first-order valence-corrected chi connectivity index (χ1v) is 10.7. The molecule has 0 aromatic heterocycles. The fourth-order valence-corrected chi connectivity index (χ4v) is 4.69. The molecule has 158 valence electrons. The van der Waals surface area contributed by atoms with Crippen LogP contribution < -0.4 is 10.1 Å². The summed E-state index contributed by atoms with van der Waals surface area (Å²) in [5.74, 6) is -0.795. The van der Waals surface area contributed by atoms with E-state index >= 15 is 0 Å². The minimum Gasteiger partial charge on any atom is -0.484 e. The van der Waals surface area contributed by atoms with Gasteiger partial charge in [-0.3, -0.25) is 4.79 Å². The maximum atomic E-state index is 12.6. The van der Waals surface area contributed by atoms with Crippen LogP contribution in [0.3, 0.4) is 0 Å². The van der Waals surface area contributed by atoms with Crippen molar-refractivity contribution in [3.63, 3.8) is 0 Å². The van der Waals surface area contributed by atoms with Gasteiger partial charge in [0.25, 0.3) is 0 Å². The Morgan fingerprint density at radius 1 is 1.36 bits per heavy atom. The first kappa shape index (κ1) is 22.5. The van der Waals surface area contributed by atoms with E-state index in [2.05, 4.69) is 5.32 Å². The van der Waals surface area contributed by atoms with E-state index in [1.54, 1.807) is 19.9 Å². The standard InChI is InChI=1S/C18H25F3N2O4S/c1-3-10-28(25,26)23-9-5-6-14(11-23)17(24)22-15-7-4-8-16(13(15)2)27-12-18(19,20)21/h4,7-8,14H,3,5-6,9-12H2,1-2H3,(H,22,24). The molecule has 1 aromatic rings. The first-order chi connectivity index (χ1) is 13.0. The summed E-state index contributed by atoms with van der Waals surface area (Å²) in [5.41, 5.74) is 0.726. The van der Waals surface area contributed by atoms with E-state index in [-0.39, 0.29) is 24.0 Å². The molecule has 28 heavy (non-hydrogen) atoms. The van der Waals surface area contributed by atoms with Crippen molar-refractivity contribution in [1.29, 1.82) is 0 Å². The number of sulfonamides is 1. The van der Waals surface area contributed by atoms with Crippen LogP contribution in [-0.4, -0.2) is 50.3 Å². The van der Waals surface area contributed by atoms with E-state index < -0.39 is 28.7 Å². The topological polar surface area (TPSA) is 75.7 Å². The SMILES string of the molecule is CCCS(=O)(=O)N1CCCC(C(=O)Nc2cccc(OCC(F)(F)F)c2C)C1. The highest BCUT2D eigenvalue weighted by Crippen LogP contribution is 2.29. The Balaban J connectivity index is 2.06. The van der Waals surface area contributed by atoms with Crippen LogP contribution >= 0.6 is 0 Å². The van der Waals surface area contributed by atoms with E-state index in [1.165, 1.54) is 16.4 Å². The predicted molar refractivity (Wildman–Crippen MR) is 99.7 cm³/mol. The average Bonchev–Trinajstić information content (AvgIpc) is 2.61. The summed E-state index contributed by atoms with van der Waals surface area (Å²) in [6.45, 7) is 2.42. The van der Waals surface area contributed by atoms with Gasteiger partial charge in [-0.2, -0.15) is 13.2 Å². The zero-order chi connectivity index (χ0) is 20.9. The Hall–Kier alpha value is -1.81. The molecule has 10 heteroatoms. The summed E-state index contributed by atoms with van der Waals surface area (Å²) < 4.78 is 67.7. The number of anilines is 1. The lowest BCUT2D eigenvalue weighted by Crippen LogP contribution is -2.44. The van der Waals surface area contributed by atoms with E-state index in [4.69, 9.17) is 4.74 Å². The molecular weight excluding hydrogens is 397 g/mol. The van der Waals surface area contributed by atoms with Gasteiger partial charge >= 0.3 is 6.18 Å². The number of carbonyl (C=O) groups excluding carboxylic acids is 1. The van der Waals surface area contributed by atoms with Crippen LogP contribution in [0.5, 0.6) is 5.75 Å². The van der Waals surface area contributed by atoms with Crippen molar-refractivity contribution in [2.24, 2.45) is 5.92 Å². The minimum atomic E-state index is -4.46. The summed E-state index contributed by atoms with van der Waals surface area (Å²) in [6, 6.07) is 4.46. The van der Waals surface area contributed by atoms with Crippen molar-refractivity contribution in [3.8, 4) is 5.75 Å². The molecule has 0 spiro atoms. The third-order valence-electron chi connectivity index (χ3n) is 4.54. The second-order valence-electron chi connectivity index (χ2n) is 6.83. The molecule has 1 fully saturated rings. The molecule has 0 radical (unpaired) electrons. The van der Waals surface area contributed by atoms with Gasteiger partial charge in [0.1, 0.15) is 5.75 Å². The Morgan fingerprint density at radius 3 is 2.71 bits per heavy atom. The zero-order valence-corrected chi connectivity index (χ0v) is 16.7. The molecule has 1 atom stereocenters. The number of alkyl halides is 3. The van der Waals surface area contributed by atoms with Crippen LogP contribution in [0.2, 0.25) is 0 Å². The molecule has 1 aromatic carbocycles. The molecule has 0 saturated carbocycles. The van der Waals surface area contributed by atoms with Crippen molar-refractivity contribution >= 4 is 21.6 Å². The normalized spacial score (nSPS) is 18.7. The highest BCUT2D eigenvalue weighted by Gasteiger charge is 2.32. The van der Waals surface area contributed by atoms with Gasteiger partial charge in [-0.25, -0.2) is 12.7 Å². The highest BCUT2D eigenvalue weighted by molar-refractivity contribution is 7.89. The number of ether oxygens (including phenoxy) is 1. The molecule has 0 aliphatic carbocycles. The fourth-order valence-electron chi connectivity index (χ4n) is 3.10. The number of halogens is 3. The van der Waals surface area contributed by atoms with Gasteiger partial charge in [0.15, 0.2) is 6.61 Å². The van der Waals surface area contributed by atoms with Gasteiger partial charge in [0.05, 0.1) is 11.7 Å². The van der Waals surface area contributed by atoms with Crippen molar-refractivity contribution in [2.75, 3.05) is 30.8 Å². The van der Waals surface area contributed by atoms with Crippen LogP contribution in [0.1, 0.15) is 31.7 Å². The summed E-state index contributed by atoms with van der Waals surface area (Å²) >= 11 is 0. The molecule has 1 amide bonds. The van der Waals surface area contributed by atoms with E-state index in [9.17, 15) is 26.4 Å². The maximum absolute atomic E-state index is 12.6. The van der Waals surface area contributed by atoms with Crippen LogP contribution in [0.25, 0.3) is 0 Å². The number of amides is 1. The second-order valence-corrected chi connectivity index (χ2v) is 8.92. The van der Waals surface area contributed by atoms with E-state index in [0.717, 1.165) is 0 Å². The lowest BCUT2D eigenvalue weighted by atomic mass is 9.98. The number of piperidine rings is 1. The van der Waals surface area contributed by atoms with Crippen molar-refractivity contribution < 1.29 is 31.1 Å². The van der Waals surface area contributed by atoms with Gasteiger partial charge in [-0.05, 0) is 38.3 Å². The fraction of sp³-hybridized carbons (Fsp3) is 0.611. The maximum Gasteiger partial charge on any atom is 0.422 e. The Labute approximate surface area is 163 Å². The summed E-state index contributed by atoms with van der Waals surface area (Å²) in [6.07, 6.45) is -2.83. The molecule has 1 heterocycles. The van der Waals surface area contributed by atoms with Crippen LogP contribution in [0.15, 0.2) is 18.2 Å². The van der Waals surface area contributed by atoms with Crippen LogP contribution in [0, 0.1) is 12.8 Å². The van der Waals surface area contributed by atoms with Crippen LogP contribution in [0.4, 0.5) is 18.9 Å². The lowest BCUT2D eigenvalue weighted by Gasteiger charge is -2.31. The highest BCUT2D eigenvalue weighted by atomic mass is 32.2. The number of benzene rings is 1. The van der Waals surface area contributed by atoms with Gasteiger partial charge in [0, 0.05) is 24.3 Å². The number of nitrogens with one attached hydrogen (secondary N) is 1. The van der Waals surface area contributed by atoms with Gasteiger partial charge < -0.3 is 10.1 Å². The predicted octanol–water partition coefficient (Wildman–Crippen LogP) is 3.33. The molecule has 1 aliphatic heterocycles.